The summed E-state index contributed by atoms with van der Waals surface area (Å²) < 4.78 is 10.3. The second kappa shape index (κ2) is 11.6. The van der Waals surface area contributed by atoms with Crippen molar-refractivity contribution in [3.63, 3.8) is 0 Å². The number of benzene rings is 2. The molecule has 3 rings (SSSR count). The number of hydrogen-bond acceptors (Lipinski definition) is 5. The molecule has 0 aliphatic heterocycles. The van der Waals surface area contributed by atoms with Gasteiger partial charge >= 0.3 is 0 Å². The molecule has 1 aromatic heterocycles. The van der Waals surface area contributed by atoms with Crippen LogP contribution in [0.2, 0.25) is 5.02 Å². The van der Waals surface area contributed by atoms with Gasteiger partial charge in [-0.2, -0.15) is 0 Å². The summed E-state index contributed by atoms with van der Waals surface area (Å²) in [7, 11) is 3.10. The van der Waals surface area contributed by atoms with Crippen LogP contribution < -0.4 is 14.8 Å². The van der Waals surface area contributed by atoms with E-state index in [0.717, 1.165) is 5.56 Å². The second-order valence-electron chi connectivity index (χ2n) is 5.71. The van der Waals surface area contributed by atoms with E-state index in [2.05, 4.69) is 15.3 Å². The lowest BCUT2D eigenvalue weighted by atomic mass is 10.2. The number of carbonyl (C=O) groups excluding carboxylic acids is 1. The molecule has 0 saturated carbocycles. The van der Waals surface area contributed by atoms with Gasteiger partial charge in [0.2, 0.25) is 0 Å². The summed E-state index contributed by atoms with van der Waals surface area (Å²) in [4.78, 5) is 20.9. The molecule has 6 nitrogen and oxygen atoms in total. The summed E-state index contributed by atoms with van der Waals surface area (Å²) in [6.07, 6.45) is 3.33. The minimum Gasteiger partial charge on any atom is -0.495 e. The fraction of sp³-hybridized carbons (Fsp3) is 0.174. The quantitative estimate of drug-likeness (QED) is 0.508. The lowest BCUT2D eigenvalue weighted by molar-refractivity contribution is 0.102. The second-order valence-corrected chi connectivity index (χ2v) is 6.12. The standard InChI is InChI=1S/C21H18ClN3O3.C2H6/c1-27-18-10-7-15(12-17(18)22)21(26)25-16-8-5-14(6-9-16)13-24-20-19(28-2)4-3-11-23-20;1-2/h3-13H,1-2H3,(H,25,26);1-2H3/b24-13+;. The Morgan fingerprint density at radius 3 is 2.37 bits per heavy atom. The first-order valence-electron chi connectivity index (χ1n) is 9.38. The van der Waals surface area contributed by atoms with Gasteiger partial charge in [0, 0.05) is 23.7 Å². The fourth-order valence-electron chi connectivity index (χ4n) is 2.44. The predicted octanol–water partition coefficient (Wildman–Crippen LogP) is 5.78. The molecule has 3 aromatic rings. The first kappa shape index (κ1) is 22.9. The molecule has 30 heavy (non-hydrogen) atoms. The number of halogens is 1. The number of methoxy groups -OCH3 is 2. The van der Waals surface area contributed by atoms with Gasteiger partial charge in [-0.1, -0.05) is 37.6 Å². The number of aliphatic imine (C=N–C) groups is 1. The number of aromatic nitrogens is 1. The molecule has 0 aliphatic rings. The Labute approximate surface area is 181 Å². The van der Waals surface area contributed by atoms with Crippen LogP contribution in [0.1, 0.15) is 29.8 Å². The van der Waals surface area contributed by atoms with Gasteiger partial charge in [0.05, 0.1) is 19.2 Å². The molecule has 0 radical (unpaired) electrons. The van der Waals surface area contributed by atoms with E-state index in [1.54, 1.807) is 62.0 Å². The van der Waals surface area contributed by atoms with Crippen LogP contribution in [0.5, 0.6) is 11.5 Å². The highest BCUT2D eigenvalue weighted by Crippen LogP contribution is 2.25. The van der Waals surface area contributed by atoms with E-state index in [-0.39, 0.29) is 5.91 Å². The Morgan fingerprint density at radius 1 is 1.03 bits per heavy atom. The van der Waals surface area contributed by atoms with Crippen LogP contribution in [0, 0.1) is 0 Å². The zero-order valence-corrected chi connectivity index (χ0v) is 18.1. The maximum absolute atomic E-state index is 12.4. The van der Waals surface area contributed by atoms with Crippen molar-refractivity contribution in [3.05, 3.63) is 76.9 Å². The number of anilines is 1. The maximum atomic E-state index is 12.4. The van der Waals surface area contributed by atoms with Crippen molar-refractivity contribution in [2.75, 3.05) is 19.5 Å². The zero-order valence-electron chi connectivity index (χ0n) is 17.3. The smallest absolute Gasteiger partial charge is 0.255 e. The third kappa shape index (κ3) is 6.06. The largest absolute Gasteiger partial charge is 0.495 e. The predicted molar refractivity (Wildman–Crippen MR) is 122 cm³/mol. The van der Waals surface area contributed by atoms with E-state index in [0.29, 0.717) is 33.6 Å². The van der Waals surface area contributed by atoms with E-state index < -0.39 is 0 Å². The molecular weight excluding hydrogens is 402 g/mol. The number of rotatable bonds is 6. The summed E-state index contributed by atoms with van der Waals surface area (Å²) in [6, 6.07) is 15.7. The summed E-state index contributed by atoms with van der Waals surface area (Å²) in [6.45, 7) is 4.00. The number of nitrogens with zero attached hydrogens (tertiary/aromatic N) is 2. The number of pyridine rings is 1. The van der Waals surface area contributed by atoms with Crippen molar-refractivity contribution in [1.82, 2.24) is 4.98 Å². The minimum atomic E-state index is -0.260. The monoisotopic (exact) mass is 425 g/mol. The number of hydrogen-bond donors (Lipinski definition) is 1. The van der Waals surface area contributed by atoms with Crippen LogP contribution >= 0.6 is 11.6 Å². The number of carbonyl (C=O) groups is 1. The number of nitrogens with one attached hydrogen (secondary N) is 1. The van der Waals surface area contributed by atoms with Crippen LogP contribution in [0.25, 0.3) is 0 Å². The van der Waals surface area contributed by atoms with Crippen molar-refractivity contribution >= 4 is 35.2 Å². The summed E-state index contributed by atoms with van der Waals surface area (Å²) >= 11 is 6.07. The third-order valence-corrected chi connectivity index (χ3v) is 4.18. The molecule has 0 unspecified atom stereocenters. The minimum absolute atomic E-state index is 0.260. The highest BCUT2D eigenvalue weighted by molar-refractivity contribution is 6.32. The molecule has 0 spiro atoms. The highest BCUT2D eigenvalue weighted by Gasteiger charge is 2.09. The van der Waals surface area contributed by atoms with Gasteiger partial charge in [-0.3, -0.25) is 4.79 Å². The van der Waals surface area contributed by atoms with Gasteiger partial charge in [-0.15, -0.1) is 0 Å². The molecular formula is C23H24ClN3O3. The molecule has 0 fully saturated rings. The molecule has 0 atom stereocenters. The zero-order chi connectivity index (χ0) is 21.9. The molecule has 0 saturated heterocycles. The molecule has 0 bridgehead atoms. The average Bonchev–Trinajstić information content (AvgIpc) is 2.80. The van der Waals surface area contributed by atoms with Gasteiger partial charge in [-0.25, -0.2) is 9.98 Å². The first-order chi connectivity index (χ1) is 14.6. The normalized spacial score (nSPS) is 10.2. The van der Waals surface area contributed by atoms with Crippen molar-refractivity contribution in [2.24, 2.45) is 4.99 Å². The van der Waals surface area contributed by atoms with Crippen LogP contribution in [0.3, 0.4) is 0 Å². The first-order valence-corrected chi connectivity index (χ1v) is 9.76. The van der Waals surface area contributed by atoms with E-state index in [9.17, 15) is 4.79 Å². The molecule has 156 valence electrons. The van der Waals surface area contributed by atoms with Crippen LogP contribution in [0.15, 0.2) is 65.8 Å². The Morgan fingerprint density at radius 2 is 1.73 bits per heavy atom. The van der Waals surface area contributed by atoms with Crippen molar-refractivity contribution in [3.8, 4) is 11.5 Å². The van der Waals surface area contributed by atoms with Crippen molar-refractivity contribution < 1.29 is 14.3 Å². The molecule has 7 heteroatoms. The van der Waals surface area contributed by atoms with Gasteiger partial charge < -0.3 is 14.8 Å². The molecule has 2 aromatic carbocycles. The van der Waals surface area contributed by atoms with E-state index in [1.165, 1.54) is 7.11 Å². The van der Waals surface area contributed by atoms with Crippen molar-refractivity contribution in [2.45, 2.75) is 13.8 Å². The van der Waals surface area contributed by atoms with Crippen LogP contribution in [-0.4, -0.2) is 31.3 Å². The van der Waals surface area contributed by atoms with Gasteiger partial charge in [0.25, 0.3) is 5.91 Å². The Kier molecular flexibility index (Phi) is 8.84. The van der Waals surface area contributed by atoms with E-state index >= 15 is 0 Å². The maximum Gasteiger partial charge on any atom is 0.255 e. The molecule has 1 amide bonds. The van der Waals surface area contributed by atoms with Crippen LogP contribution in [-0.2, 0) is 0 Å². The molecule has 1 N–H and O–H groups in total. The SMILES string of the molecule is CC.COc1ccc(C(=O)Nc2ccc(/C=N/c3ncccc3OC)cc2)cc1Cl. The molecule has 0 aliphatic carbocycles. The van der Waals surface area contributed by atoms with Crippen molar-refractivity contribution in [1.29, 1.82) is 0 Å². The number of amides is 1. The highest BCUT2D eigenvalue weighted by atomic mass is 35.5. The van der Waals surface area contributed by atoms with Gasteiger partial charge in [-0.05, 0) is 48.0 Å². The Bertz CT molecular complexity index is 1000. The topological polar surface area (TPSA) is 72.8 Å². The summed E-state index contributed by atoms with van der Waals surface area (Å²) in [5.74, 6) is 1.36. The summed E-state index contributed by atoms with van der Waals surface area (Å²) in [5, 5.41) is 3.21. The Balaban J connectivity index is 0.00000155. The van der Waals surface area contributed by atoms with E-state index in [1.807, 2.05) is 26.0 Å². The van der Waals surface area contributed by atoms with Gasteiger partial charge in [0.1, 0.15) is 5.75 Å². The lowest BCUT2D eigenvalue weighted by Gasteiger charge is -2.08. The lowest BCUT2D eigenvalue weighted by Crippen LogP contribution is -2.11. The Hall–Kier alpha value is -3.38. The molecule has 1 heterocycles. The van der Waals surface area contributed by atoms with E-state index in [4.69, 9.17) is 21.1 Å². The average molecular weight is 426 g/mol. The summed E-state index contributed by atoms with van der Waals surface area (Å²) in [5.41, 5.74) is 1.96. The van der Waals surface area contributed by atoms with Crippen LogP contribution in [0.4, 0.5) is 11.5 Å². The van der Waals surface area contributed by atoms with Gasteiger partial charge in [0.15, 0.2) is 11.6 Å². The third-order valence-electron chi connectivity index (χ3n) is 3.89. The fourth-order valence-corrected chi connectivity index (χ4v) is 2.70. The number of ether oxygens (including phenoxy) is 2.